The number of aryl methyl sites for hydroxylation is 2. The molecule has 0 spiro atoms. The molecule has 4 aromatic rings. The number of anilines is 1. The van der Waals surface area contributed by atoms with Crippen LogP contribution in [0.1, 0.15) is 65.4 Å². The van der Waals surface area contributed by atoms with Crippen molar-refractivity contribution in [2.45, 2.75) is 53.0 Å². The number of hydrogen-bond donors (Lipinski definition) is 1. The van der Waals surface area contributed by atoms with E-state index in [0.29, 0.717) is 12.4 Å². The first-order valence-corrected chi connectivity index (χ1v) is 13.5. The molecule has 8 heteroatoms. The standard InChI is InChI=1S/C29H31N5O2S/c1-5-6-16-36-23-14-12-21(13-15-23)27-26-18(2)19(3)37-29(26)34-20(4)32-33-28(34)24(31-27)17-25(35)30-22-10-8-7-9-11-22/h7-15,24H,5-6,16-17H2,1-4H3,(H,30,35)/t24-/m0/s1. The zero-order chi connectivity index (χ0) is 25.9. The highest BCUT2D eigenvalue weighted by Gasteiger charge is 2.32. The Bertz CT molecular complexity index is 1440. The van der Waals surface area contributed by atoms with Crippen molar-refractivity contribution in [2.24, 2.45) is 4.99 Å². The van der Waals surface area contributed by atoms with E-state index in [2.05, 4.69) is 53.0 Å². The number of hydrogen-bond acceptors (Lipinski definition) is 6. The van der Waals surface area contributed by atoms with Crippen LogP contribution in [0.2, 0.25) is 0 Å². The van der Waals surface area contributed by atoms with Gasteiger partial charge in [0.1, 0.15) is 22.6 Å². The number of carbonyl (C=O) groups excluding carboxylic acids is 1. The molecule has 0 aliphatic carbocycles. The lowest BCUT2D eigenvalue weighted by molar-refractivity contribution is -0.116. The van der Waals surface area contributed by atoms with E-state index in [1.54, 1.807) is 11.3 Å². The number of rotatable bonds is 8. The SMILES string of the molecule is CCCCOc1ccc(C2=N[C@@H](CC(=O)Nc3ccccc3)c3nnc(C)n3-c3sc(C)c(C)c32)cc1. The summed E-state index contributed by atoms with van der Waals surface area (Å²) in [5.74, 6) is 2.18. The van der Waals surface area contributed by atoms with E-state index < -0.39 is 6.04 Å². The number of nitrogens with one attached hydrogen (secondary N) is 1. The number of amides is 1. The number of ether oxygens (including phenoxy) is 1. The van der Waals surface area contributed by atoms with Gasteiger partial charge in [-0.1, -0.05) is 31.5 Å². The molecule has 2 aromatic heterocycles. The number of fused-ring (bicyclic) bond motifs is 3. The zero-order valence-electron chi connectivity index (χ0n) is 21.6. The third kappa shape index (κ3) is 5.06. The molecule has 0 bridgehead atoms. The van der Waals surface area contributed by atoms with E-state index in [9.17, 15) is 4.79 Å². The number of carbonyl (C=O) groups is 1. The van der Waals surface area contributed by atoms with Gasteiger partial charge < -0.3 is 10.1 Å². The van der Waals surface area contributed by atoms with Gasteiger partial charge in [-0.2, -0.15) is 0 Å². The van der Waals surface area contributed by atoms with Gasteiger partial charge >= 0.3 is 0 Å². The van der Waals surface area contributed by atoms with Crippen LogP contribution in [0.25, 0.3) is 5.00 Å². The minimum absolute atomic E-state index is 0.121. The van der Waals surface area contributed by atoms with Crippen LogP contribution in [0.4, 0.5) is 5.69 Å². The average Bonchev–Trinajstić information content (AvgIpc) is 3.37. The second-order valence-electron chi connectivity index (χ2n) is 9.24. The van der Waals surface area contributed by atoms with Crippen LogP contribution in [0.15, 0.2) is 59.6 Å². The summed E-state index contributed by atoms with van der Waals surface area (Å²) in [4.78, 5) is 19.5. The topological polar surface area (TPSA) is 81.4 Å². The summed E-state index contributed by atoms with van der Waals surface area (Å²) < 4.78 is 7.95. The van der Waals surface area contributed by atoms with Gasteiger partial charge in [0.15, 0.2) is 5.82 Å². The number of thiophene rings is 1. The van der Waals surface area contributed by atoms with Crippen molar-refractivity contribution in [3.8, 4) is 10.8 Å². The Morgan fingerprint density at radius 1 is 1.05 bits per heavy atom. The highest BCUT2D eigenvalue weighted by Crippen LogP contribution is 2.39. The van der Waals surface area contributed by atoms with Gasteiger partial charge in [-0.3, -0.25) is 14.4 Å². The number of unbranched alkanes of at least 4 members (excludes halogenated alkanes) is 1. The molecule has 1 N–H and O–H groups in total. The maximum Gasteiger partial charge on any atom is 0.227 e. The van der Waals surface area contributed by atoms with Crippen LogP contribution >= 0.6 is 11.3 Å². The van der Waals surface area contributed by atoms with Crippen molar-refractivity contribution in [1.82, 2.24) is 14.8 Å². The van der Waals surface area contributed by atoms with Crippen molar-refractivity contribution >= 4 is 28.6 Å². The Labute approximate surface area is 221 Å². The summed E-state index contributed by atoms with van der Waals surface area (Å²) in [6.07, 6.45) is 2.27. The first kappa shape index (κ1) is 24.9. The number of para-hydroxylation sites is 1. The maximum atomic E-state index is 13.1. The Hall–Kier alpha value is -3.78. The Morgan fingerprint density at radius 3 is 2.54 bits per heavy atom. The van der Waals surface area contributed by atoms with Gasteiger partial charge in [-0.15, -0.1) is 21.5 Å². The molecule has 1 atom stereocenters. The van der Waals surface area contributed by atoms with Crippen molar-refractivity contribution in [1.29, 1.82) is 0 Å². The van der Waals surface area contributed by atoms with Crippen molar-refractivity contribution < 1.29 is 9.53 Å². The van der Waals surface area contributed by atoms with E-state index in [1.807, 2.05) is 49.4 Å². The van der Waals surface area contributed by atoms with Crippen molar-refractivity contribution in [3.05, 3.63) is 87.8 Å². The highest BCUT2D eigenvalue weighted by molar-refractivity contribution is 7.15. The monoisotopic (exact) mass is 513 g/mol. The number of aliphatic imine (C=N–C) groups is 1. The molecule has 0 radical (unpaired) electrons. The lowest BCUT2D eigenvalue weighted by atomic mass is 9.99. The number of nitrogens with zero attached hydrogens (tertiary/aromatic N) is 4. The maximum absolute atomic E-state index is 13.1. The molecule has 190 valence electrons. The fourth-order valence-corrected chi connectivity index (χ4v) is 5.69. The van der Waals surface area contributed by atoms with E-state index >= 15 is 0 Å². The Morgan fingerprint density at radius 2 is 1.81 bits per heavy atom. The molecule has 0 saturated heterocycles. The first-order chi connectivity index (χ1) is 18.0. The van der Waals surface area contributed by atoms with Gasteiger partial charge in [0.05, 0.1) is 18.7 Å². The quantitative estimate of drug-likeness (QED) is 0.278. The van der Waals surface area contributed by atoms with Gasteiger partial charge in [-0.25, -0.2) is 0 Å². The van der Waals surface area contributed by atoms with E-state index in [-0.39, 0.29) is 12.3 Å². The molecule has 0 fully saturated rings. The van der Waals surface area contributed by atoms with Crippen molar-refractivity contribution in [2.75, 3.05) is 11.9 Å². The van der Waals surface area contributed by atoms with Crippen molar-refractivity contribution in [3.63, 3.8) is 0 Å². The molecule has 7 nitrogen and oxygen atoms in total. The fourth-order valence-electron chi connectivity index (χ4n) is 4.48. The van der Waals surface area contributed by atoms with E-state index in [1.165, 1.54) is 10.4 Å². The first-order valence-electron chi connectivity index (χ1n) is 12.6. The molecular formula is C29H31N5O2S. The minimum Gasteiger partial charge on any atom is -0.494 e. The third-order valence-corrected chi connectivity index (χ3v) is 7.76. The predicted molar refractivity (Wildman–Crippen MR) is 148 cm³/mol. The minimum atomic E-state index is -0.486. The molecule has 2 aromatic carbocycles. The molecule has 0 unspecified atom stereocenters. The number of benzene rings is 2. The second-order valence-corrected chi connectivity index (χ2v) is 10.4. The predicted octanol–water partition coefficient (Wildman–Crippen LogP) is 6.35. The van der Waals surface area contributed by atoms with Gasteiger partial charge in [0, 0.05) is 21.7 Å². The molecule has 5 rings (SSSR count). The van der Waals surface area contributed by atoms with Crippen LogP contribution in [0.3, 0.4) is 0 Å². The summed E-state index contributed by atoms with van der Waals surface area (Å²) in [7, 11) is 0. The number of aromatic nitrogens is 3. The summed E-state index contributed by atoms with van der Waals surface area (Å²) in [5, 5.41) is 12.9. The molecule has 1 aliphatic heterocycles. The smallest absolute Gasteiger partial charge is 0.227 e. The van der Waals surface area contributed by atoms with Crippen LogP contribution in [0.5, 0.6) is 5.75 Å². The summed E-state index contributed by atoms with van der Waals surface area (Å²) in [5.41, 5.74) is 4.84. The molecule has 1 aliphatic rings. The summed E-state index contributed by atoms with van der Waals surface area (Å²) >= 11 is 1.71. The van der Waals surface area contributed by atoms with E-state index in [4.69, 9.17) is 9.73 Å². The van der Waals surface area contributed by atoms with Gasteiger partial charge in [0.2, 0.25) is 5.91 Å². The summed E-state index contributed by atoms with van der Waals surface area (Å²) in [6, 6.07) is 17.1. The molecular weight excluding hydrogens is 482 g/mol. The van der Waals surface area contributed by atoms with Crippen LogP contribution < -0.4 is 10.1 Å². The summed E-state index contributed by atoms with van der Waals surface area (Å²) in [6.45, 7) is 9.05. The Balaban J connectivity index is 1.56. The average molecular weight is 514 g/mol. The molecule has 3 heterocycles. The normalized spacial score (nSPS) is 14.4. The molecule has 0 saturated carbocycles. The lowest BCUT2D eigenvalue weighted by Gasteiger charge is -2.13. The lowest BCUT2D eigenvalue weighted by Crippen LogP contribution is -2.17. The molecule has 37 heavy (non-hydrogen) atoms. The second kappa shape index (κ2) is 10.7. The Kier molecular flexibility index (Phi) is 7.19. The fraction of sp³-hybridized carbons (Fsp3) is 0.310. The largest absolute Gasteiger partial charge is 0.494 e. The van der Waals surface area contributed by atoms with E-state index in [0.717, 1.165) is 51.9 Å². The third-order valence-electron chi connectivity index (χ3n) is 6.57. The van der Waals surface area contributed by atoms with Gasteiger partial charge in [0.25, 0.3) is 0 Å². The molecule has 1 amide bonds. The zero-order valence-corrected chi connectivity index (χ0v) is 22.4. The van der Waals surface area contributed by atoms with Crippen LogP contribution in [-0.2, 0) is 4.79 Å². The van der Waals surface area contributed by atoms with Crippen LogP contribution in [0, 0.1) is 20.8 Å². The highest BCUT2D eigenvalue weighted by atomic mass is 32.1. The van der Waals surface area contributed by atoms with Crippen LogP contribution in [-0.4, -0.2) is 33.0 Å². The van der Waals surface area contributed by atoms with Gasteiger partial charge in [-0.05, 0) is 69.2 Å².